The van der Waals surface area contributed by atoms with Gasteiger partial charge in [-0.3, -0.25) is 19.2 Å². The predicted octanol–water partition coefficient (Wildman–Crippen LogP) is -1.16. The number of hydrogen-bond donors (Lipinski definition) is 7. The highest BCUT2D eigenvalue weighted by Crippen LogP contribution is 2.19. The van der Waals surface area contributed by atoms with Gasteiger partial charge in [0.1, 0.15) is 18.1 Å². The van der Waals surface area contributed by atoms with E-state index in [0.717, 1.165) is 10.9 Å². The fourth-order valence-corrected chi connectivity index (χ4v) is 3.90. The van der Waals surface area contributed by atoms with Gasteiger partial charge in [0, 0.05) is 23.5 Å². The van der Waals surface area contributed by atoms with Gasteiger partial charge in [0.15, 0.2) is 0 Å². The van der Waals surface area contributed by atoms with Crippen LogP contribution in [0.4, 0.5) is 0 Å². The van der Waals surface area contributed by atoms with E-state index in [1.165, 1.54) is 11.8 Å². The Balaban J connectivity index is 2.16. The molecule has 0 radical (unpaired) electrons. The molecule has 1 aromatic heterocycles. The van der Waals surface area contributed by atoms with Crippen LogP contribution < -0.4 is 27.4 Å². The average Bonchev–Trinajstić information content (AvgIpc) is 3.22. The van der Waals surface area contributed by atoms with Crippen LogP contribution in [-0.4, -0.2) is 76.4 Å². The van der Waals surface area contributed by atoms with Gasteiger partial charge in [-0.05, 0) is 30.1 Å². The molecule has 0 aliphatic heterocycles. The largest absolute Gasteiger partial charge is 0.480 e. The van der Waals surface area contributed by atoms with Crippen LogP contribution in [0.2, 0.25) is 0 Å². The fourth-order valence-electron chi connectivity index (χ4n) is 3.43. The lowest BCUT2D eigenvalue weighted by Crippen LogP contribution is -2.57. The Kier molecular flexibility index (Phi) is 10.5. The third kappa shape index (κ3) is 8.30. The fraction of sp³-hybridized carbons (Fsp3) is 0.409. The number of carboxylic acid groups (broad SMARTS) is 1. The summed E-state index contributed by atoms with van der Waals surface area (Å²) < 4.78 is 0. The van der Waals surface area contributed by atoms with Crippen LogP contribution in [0.3, 0.4) is 0 Å². The van der Waals surface area contributed by atoms with Crippen LogP contribution in [0.25, 0.3) is 10.9 Å². The quantitative estimate of drug-likeness (QED) is 0.166. The van der Waals surface area contributed by atoms with Crippen LogP contribution >= 0.6 is 11.8 Å². The van der Waals surface area contributed by atoms with Crippen molar-refractivity contribution in [2.24, 2.45) is 11.5 Å². The lowest BCUT2D eigenvalue weighted by atomic mass is 10.0. The van der Waals surface area contributed by atoms with Gasteiger partial charge in [-0.15, -0.1) is 0 Å². The molecule has 0 spiro atoms. The zero-order chi connectivity index (χ0) is 26.0. The van der Waals surface area contributed by atoms with Gasteiger partial charge in [0.05, 0.1) is 13.0 Å². The van der Waals surface area contributed by atoms with E-state index < -0.39 is 54.1 Å². The summed E-state index contributed by atoms with van der Waals surface area (Å²) in [5.41, 5.74) is 12.0. The number of rotatable bonds is 14. The minimum atomic E-state index is -1.43. The topological polar surface area (TPSA) is 209 Å². The second-order valence-electron chi connectivity index (χ2n) is 7.80. The predicted molar refractivity (Wildman–Crippen MR) is 131 cm³/mol. The first-order chi connectivity index (χ1) is 16.7. The summed E-state index contributed by atoms with van der Waals surface area (Å²) in [4.78, 5) is 63.9. The molecule has 4 amide bonds. The van der Waals surface area contributed by atoms with Crippen molar-refractivity contribution in [1.82, 2.24) is 20.9 Å². The third-order valence-electron chi connectivity index (χ3n) is 5.20. The van der Waals surface area contributed by atoms with Crippen LogP contribution in [-0.2, 0) is 30.4 Å². The second kappa shape index (κ2) is 13.3. The lowest BCUT2D eigenvalue weighted by Gasteiger charge is -2.24. The summed E-state index contributed by atoms with van der Waals surface area (Å²) in [5.74, 6) is -3.81. The molecule has 12 nitrogen and oxygen atoms in total. The van der Waals surface area contributed by atoms with Gasteiger partial charge in [-0.1, -0.05) is 18.2 Å². The van der Waals surface area contributed by atoms with Gasteiger partial charge in [-0.2, -0.15) is 11.8 Å². The number of fused-ring (bicyclic) bond motifs is 1. The minimum Gasteiger partial charge on any atom is -0.480 e. The van der Waals surface area contributed by atoms with E-state index in [9.17, 15) is 29.1 Å². The monoisotopic (exact) mass is 506 g/mol. The zero-order valence-corrected chi connectivity index (χ0v) is 20.0. The van der Waals surface area contributed by atoms with E-state index in [2.05, 4.69) is 20.9 Å². The van der Waals surface area contributed by atoms with Crippen molar-refractivity contribution in [2.75, 3.05) is 18.6 Å². The molecule has 2 aromatic rings. The Morgan fingerprint density at radius 2 is 1.69 bits per heavy atom. The summed E-state index contributed by atoms with van der Waals surface area (Å²) in [6, 6.07) is 3.53. The molecule has 0 aliphatic carbocycles. The van der Waals surface area contributed by atoms with E-state index in [4.69, 9.17) is 11.5 Å². The van der Waals surface area contributed by atoms with E-state index in [0.29, 0.717) is 11.3 Å². The zero-order valence-electron chi connectivity index (χ0n) is 19.2. The smallest absolute Gasteiger partial charge is 0.326 e. The lowest BCUT2D eigenvalue weighted by molar-refractivity contribution is -0.142. The number of carbonyl (C=O) groups is 5. The number of carboxylic acids is 1. The molecule has 9 N–H and O–H groups in total. The molecule has 0 fully saturated rings. The van der Waals surface area contributed by atoms with Crippen molar-refractivity contribution in [3.8, 4) is 0 Å². The Bertz CT molecular complexity index is 1070. The maximum atomic E-state index is 12.9. The first kappa shape index (κ1) is 27.7. The summed E-state index contributed by atoms with van der Waals surface area (Å²) in [5, 5.41) is 17.7. The van der Waals surface area contributed by atoms with Crippen molar-refractivity contribution in [3.63, 3.8) is 0 Å². The highest BCUT2D eigenvalue weighted by atomic mass is 32.2. The SMILES string of the molecule is CSCCC(NC(=O)CN)C(=O)NC(CC(N)=O)C(=O)NC(Cc1c[nH]c2ccccc12)C(=O)O. The van der Waals surface area contributed by atoms with Crippen molar-refractivity contribution < 1.29 is 29.1 Å². The van der Waals surface area contributed by atoms with Crippen molar-refractivity contribution in [1.29, 1.82) is 0 Å². The molecule has 3 unspecified atom stereocenters. The maximum absolute atomic E-state index is 12.9. The van der Waals surface area contributed by atoms with Gasteiger partial charge in [0.2, 0.25) is 23.6 Å². The molecule has 0 saturated carbocycles. The Labute approximate surface area is 205 Å². The number of H-pyrrole nitrogens is 1. The molecule has 190 valence electrons. The summed E-state index contributed by atoms with van der Waals surface area (Å²) in [7, 11) is 0. The molecule has 1 heterocycles. The molecule has 1 aromatic carbocycles. The number of nitrogens with two attached hydrogens (primary N) is 2. The number of benzene rings is 1. The average molecular weight is 507 g/mol. The highest BCUT2D eigenvalue weighted by molar-refractivity contribution is 7.98. The normalized spacial score (nSPS) is 13.4. The molecule has 0 bridgehead atoms. The van der Waals surface area contributed by atoms with Gasteiger partial charge in [-0.25, -0.2) is 4.79 Å². The first-order valence-electron chi connectivity index (χ1n) is 10.8. The van der Waals surface area contributed by atoms with E-state index in [-0.39, 0.29) is 19.4 Å². The van der Waals surface area contributed by atoms with Crippen molar-refractivity contribution >= 4 is 52.3 Å². The standard InChI is InChI=1S/C22H30N6O6S/c1-35-7-6-15(26-19(30)10-23)20(31)27-16(9-18(24)29)21(32)28-17(22(33)34)8-12-11-25-14-5-3-2-4-13(12)14/h2-5,11,15-17,25H,6-10,23H2,1H3,(H2,24,29)(H,26,30)(H,27,31)(H,28,32)(H,33,34). The first-order valence-corrected chi connectivity index (χ1v) is 12.2. The Morgan fingerprint density at radius 3 is 2.31 bits per heavy atom. The number of nitrogens with one attached hydrogen (secondary N) is 4. The number of primary amides is 1. The number of aromatic nitrogens is 1. The minimum absolute atomic E-state index is 0.0365. The molecule has 35 heavy (non-hydrogen) atoms. The van der Waals surface area contributed by atoms with Gasteiger partial charge >= 0.3 is 5.97 Å². The number of para-hydroxylation sites is 1. The second-order valence-corrected chi connectivity index (χ2v) is 8.79. The number of aliphatic carboxylic acids is 1. The Hall–Kier alpha value is -3.58. The van der Waals surface area contributed by atoms with Crippen LogP contribution in [0.5, 0.6) is 0 Å². The van der Waals surface area contributed by atoms with Crippen molar-refractivity contribution in [2.45, 2.75) is 37.4 Å². The molecule has 13 heteroatoms. The number of amides is 4. The number of carbonyl (C=O) groups excluding carboxylic acids is 4. The van der Waals surface area contributed by atoms with Crippen molar-refractivity contribution in [3.05, 3.63) is 36.0 Å². The maximum Gasteiger partial charge on any atom is 0.326 e. The summed E-state index contributed by atoms with van der Waals surface area (Å²) >= 11 is 1.45. The van der Waals surface area contributed by atoms with Crippen LogP contribution in [0.15, 0.2) is 30.5 Å². The molecule has 3 atom stereocenters. The number of hydrogen-bond acceptors (Lipinski definition) is 7. The van der Waals surface area contributed by atoms with Gasteiger partial charge < -0.3 is 37.5 Å². The van der Waals surface area contributed by atoms with E-state index >= 15 is 0 Å². The Morgan fingerprint density at radius 1 is 1.03 bits per heavy atom. The molecule has 0 aliphatic rings. The van der Waals surface area contributed by atoms with E-state index in [1.54, 1.807) is 6.20 Å². The summed E-state index contributed by atoms with van der Waals surface area (Å²) in [6.45, 7) is -0.331. The summed E-state index contributed by atoms with van der Waals surface area (Å²) in [6.07, 6.45) is 3.14. The van der Waals surface area contributed by atoms with Gasteiger partial charge in [0.25, 0.3) is 0 Å². The number of thioether (sulfide) groups is 1. The van der Waals surface area contributed by atoms with Crippen LogP contribution in [0.1, 0.15) is 18.4 Å². The molecular formula is C22H30N6O6S. The van der Waals surface area contributed by atoms with Crippen LogP contribution in [0, 0.1) is 0 Å². The molecule has 2 rings (SSSR count). The molecule has 0 saturated heterocycles. The molecular weight excluding hydrogens is 476 g/mol. The third-order valence-corrected chi connectivity index (χ3v) is 5.84. The number of aromatic amines is 1. The van der Waals surface area contributed by atoms with E-state index in [1.807, 2.05) is 30.5 Å². The highest BCUT2D eigenvalue weighted by Gasteiger charge is 2.30.